The molecule has 16 heteroatoms. The van der Waals surface area contributed by atoms with Gasteiger partial charge in [0.05, 0.1) is 4.90 Å². The Labute approximate surface area is 380 Å². The van der Waals surface area contributed by atoms with E-state index in [-0.39, 0.29) is 115 Å². The average molecular weight is 832 g/mol. The molecule has 0 spiro atoms. The summed E-state index contributed by atoms with van der Waals surface area (Å²) in [5, 5.41) is 5.16. The van der Waals surface area contributed by atoms with E-state index >= 15 is 0 Å². The van der Waals surface area contributed by atoms with Crippen LogP contribution in [0.15, 0.2) is 155 Å². The number of hydrogen-bond acceptors (Lipinski definition) is 11. The molecule has 0 saturated heterocycles. The van der Waals surface area contributed by atoms with E-state index < -0.39 is 37.5 Å². The first kappa shape index (κ1) is 47.5. The maximum absolute atomic E-state index is 13.0. The molecule has 0 saturated carbocycles. The number of ketones is 2. The zero-order valence-corrected chi connectivity index (χ0v) is 36.6. The molecule has 0 heterocycles. The zero-order valence-electron chi connectivity index (χ0n) is 30.9. The van der Waals surface area contributed by atoms with Crippen LogP contribution in [0.25, 0.3) is 12.2 Å². The van der Waals surface area contributed by atoms with Crippen molar-refractivity contribution in [1.82, 2.24) is 0 Å². The van der Waals surface area contributed by atoms with Crippen LogP contribution in [0.1, 0.15) is 63.7 Å². The van der Waals surface area contributed by atoms with Crippen LogP contribution in [0.5, 0.6) is 0 Å². The Kier molecular flexibility index (Phi) is 17.4. The number of carbonyl (C=O) groups excluding carboxylic acids is 4. The second-order valence-electron chi connectivity index (χ2n) is 12.0. The third-order valence-electron chi connectivity index (χ3n) is 8.32. The molecule has 2 amide bonds. The van der Waals surface area contributed by atoms with E-state index in [0.29, 0.717) is 22.3 Å². The maximum Gasteiger partial charge on any atom is 1.00 e. The monoisotopic (exact) mass is 831 g/mol. The van der Waals surface area contributed by atoms with E-state index in [0.717, 1.165) is 6.07 Å². The standard InChI is InChI=1S/C42H29N2O9S2.2Na.H2O/c45-39(29-7-3-1-4-8-29)31-13-17-33(18-14-31)41(47)43-35-23-21-27(37(25-35)54(49)50)11-12-28-22-24-36(26-38(28)55(51,52)53)44-42(48)34-19-15-32(16-20-34)40(46)30-9-5-2-6-10-30;;;/h1-26H,(H,43,47)(H,44,48)(H,51,52,53);;;1H2/q-1;2*+1;/p-2/b12-11+;;;. The van der Waals surface area contributed by atoms with E-state index in [9.17, 15) is 40.6 Å². The van der Waals surface area contributed by atoms with Gasteiger partial charge in [0.1, 0.15) is 10.1 Å². The van der Waals surface area contributed by atoms with Crippen LogP contribution in [0, 0.1) is 0 Å². The summed E-state index contributed by atoms with van der Waals surface area (Å²) < 4.78 is 61.1. The largest absolute Gasteiger partial charge is 1.00 e. The Morgan fingerprint density at radius 1 is 0.500 bits per heavy atom. The van der Waals surface area contributed by atoms with E-state index in [1.54, 1.807) is 60.7 Å². The quantitative estimate of drug-likeness (QED) is 0.0592. The fourth-order valence-corrected chi connectivity index (χ4v) is 6.75. The number of rotatable bonds is 12. The van der Waals surface area contributed by atoms with Crippen molar-refractivity contribution < 1.29 is 105 Å². The molecule has 0 fully saturated rings. The van der Waals surface area contributed by atoms with Gasteiger partial charge in [0, 0.05) is 44.8 Å². The first-order valence-corrected chi connectivity index (χ1v) is 18.9. The zero-order chi connectivity index (χ0) is 39.1. The molecule has 282 valence electrons. The predicted octanol–water partition coefficient (Wildman–Crippen LogP) is 1.23. The van der Waals surface area contributed by atoms with Gasteiger partial charge in [0.2, 0.25) is 0 Å². The summed E-state index contributed by atoms with van der Waals surface area (Å²) in [7, 11) is -7.87. The Bertz CT molecular complexity index is 2660. The normalized spacial score (nSPS) is 10.7. The van der Waals surface area contributed by atoms with E-state index in [4.69, 9.17) is 0 Å². The van der Waals surface area contributed by atoms with Gasteiger partial charge in [0.25, 0.3) is 11.8 Å². The molecule has 0 aliphatic carbocycles. The summed E-state index contributed by atoms with van der Waals surface area (Å²) in [5.41, 5.74) is 2.31. The van der Waals surface area contributed by atoms with Crippen LogP contribution in [-0.4, -0.2) is 41.8 Å². The number of hydrogen-bond donors (Lipinski definition) is 2. The predicted molar refractivity (Wildman–Crippen MR) is 207 cm³/mol. The minimum absolute atomic E-state index is 0. The number of nitrogens with one attached hydrogen (secondary N) is 2. The molecular weight excluding hydrogens is 803 g/mol. The van der Waals surface area contributed by atoms with Crippen LogP contribution in [0.4, 0.5) is 11.4 Å². The number of carbonyl (C=O) groups is 4. The third kappa shape index (κ3) is 11.9. The smallest absolute Gasteiger partial charge is 0.870 e. The number of amides is 2. The topological polar surface area (TPSA) is 214 Å². The van der Waals surface area contributed by atoms with Gasteiger partial charge in [-0.1, -0.05) is 120 Å². The molecule has 0 aromatic heterocycles. The first-order valence-electron chi connectivity index (χ1n) is 16.4. The van der Waals surface area contributed by atoms with Crippen molar-refractivity contribution in [3.05, 3.63) is 190 Å². The average Bonchev–Trinajstić information content (AvgIpc) is 3.20. The van der Waals surface area contributed by atoms with Crippen LogP contribution >= 0.6 is 0 Å². The fourth-order valence-electron chi connectivity index (χ4n) is 5.50. The Morgan fingerprint density at radius 2 is 0.862 bits per heavy atom. The molecule has 0 unspecified atom stereocenters. The van der Waals surface area contributed by atoms with E-state index in [1.165, 1.54) is 91.0 Å². The molecule has 12 nitrogen and oxygen atoms in total. The third-order valence-corrected chi connectivity index (χ3v) is 9.93. The second-order valence-corrected chi connectivity index (χ2v) is 14.2. The first-order chi connectivity index (χ1) is 26.4. The fraction of sp³-hybridized carbons (Fsp3) is 0. The van der Waals surface area contributed by atoms with Gasteiger partial charge < -0.3 is 29.1 Å². The summed E-state index contributed by atoms with van der Waals surface area (Å²) in [4.78, 5) is 50.4. The minimum atomic E-state index is -5.08. The van der Waals surface area contributed by atoms with Gasteiger partial charge in [0.15, 0.2) is 11.6 Å². The van der Waals surface area contributed by atoms with Crippen molar-refractivity contribution in [2.45, 2.75) is 9.79 Å². The SMILES string of the molecule is O=C(Nc1ccc(/C=C/c2ccc(NC(=O)c3ccc(C(=O)c4ccccc4)cc3)cc2S(=O)(=O)[O-])c([S-](=O)=O)c1)c1ccc(C(=O)c2ccccc2)cc1.[Na+].[Na+].[OH-]. The summed E-state index contributed by atoms with van der Waals surface area (Å²) in [6, 6.07) is 36.8. The summed E-state index contributed by atoms with van der Waals surface area (Å²) in [6.07, 6.45) is 2.53. The summed E-state index contributed by atoms with van der Waals surface area (Å²) in [6.45, 7) is 0. The van der Waals surface area contributed by atoms with Crippen molar-refractivity contribution in [3.63, 3.8) is 0 Å². The molecule has 3 N–H and O–H groups in total. The van der Waals surface area contributed by atoms with Crippen LogP contribution in [0.3, 0.4) is 0 Å². The molecule has 6 aromatic rings. The number of anilines is 2. The molecule has 0 radical (unpaired) electrons. The molecule has 0 atom stereocenters. The molecule has 0 aliphatic rings. The molecule has 6 aromatic carbocycles. The Hall–Kier alpha value is -4.84. The molecule has 58 heavy (non-hydrogen) atoms. The Morgan fingerprint density at radius 3 is 1.28 bits per heavy atom. The van der Waals surface area contributed by atoms with Crippen molar-refractivity contribution in [2.75, 3.05) is 10.6 Å². The van der Waals surface area contributed by atoms with Gasteiger partial charge in [-0.25, -0.2) is 8.42 Å². The second kappa shape index (κ2) is 21.2. The summed E-state index contributed by atoms with van der Waals surface area (Å²) in [5.74, 6) is -1.62. The molecular formula is C42H29N2Na2O10S2-. The van der Waals surface area contributed by atoms with Crippen molar-refractivity contribution in [3.8, 4) is 0 Å². The molecule has 0 aliphatic heterocycles. The van der Waals surface area contributed by atoms with Crippen molar-refractivity contribution in [2.24, 2.45) is 0 Å². The van der Waals surface area contributed by atoms with Crippen molar-refractivity contribution in [1.29, 1.82) is 0 Å². The van der Waals surface area contributed by atoms with Crippen molar-refractivity contribution >= 4 is 67.7 Å². The van der Waals surface area contributed by atoms with Gasteiger partial charge in [-0.2, -0.15) is 0 Å². The van der Waals surface area contributed by atoms with Crippen LogP contribution in [0.2, 0.25) is 0 Å². The Balaban J connectivity index is 0.00000300. The molecule has 0 bridgehead atoms. The van der Waals surface area contributed by atoms with Gasteiger partial charge in [-0.15, -0.1) is 0 Å². The van der Waals surface area contributed by atoms with Gasteiger partial charge >= 0.3 is 59.1 Å². The van der Waals surface area contributed by atoms with E-state index in [1.807, 2.05) is 0 Å². The number of benzene rings is 6. The van der Waals surface area contributed by atoms with E-state index in [2.05, 4.69) is 10.6 Å². The summed E-state index contributed by atoms with van der Waals surface area (Å²) >= 11 is 0. The van der Waals surface area contributed by atoms with Crippen LogP contribution in [-0.2, 0) is 29.2 Å². The minimum Gasteiger partial charge on any atom is -0.870 e. The van der Waals surface area contributed by atoms with Gasteiger partial charge in [-0.3, -0.25) is 19.2 Å². The maximum atomic E-state index is 13.0. The van der Waals surface area contributed by atoms with Crippen LogP contribution < -0.4 is 69.7 Å². The molecule has 6 rings (SSSR count). The van der Waals surface area contributed by atoms with Gasteiger partial charge in [-0.05, 0) is 64.3 Å².